The molecule has 1 heterocycles. The number of cyclic esters (lactones) is 1. The van der Waals surface area contributed by atoms with Gasteiger partial charge in [0.2, 0.25) is 0 Å². The van der Waals surface area contributed by atoms with Crippen LogP contribution in [0.4, 0.5) is 9.59 Å². The molecule has 0 saturated carbocycles. The van der Waals surface area contributed by atoms with E-state index in [9.17, 15) is 9.59 Å². The van der Waals surface area contributed by atoms with Gasteiger partial charge in [-0.2, -0.15) is 0 Å². The lowest BCUT2D eigenvalue weighted by atomic mass is 10.5. The smallest absolute Gasteiger partial charge is 0.409 e. The fourth-order valence-electron chi connectivity index (χ4n) is 0.943. The van der Waals surface area contributed by atoms with Gasteiger partial charge in [-0.1, -0.05) is 0 Å². The van der Waals surface area contributed by atoms with E-state index in [0.29, 0.717) is 26.2 Å². The molecular weight excluding hydrogens is 162 g/mol. The van der Waals surface area contributed by atoms with E-state index >= 15 is 0 Å². The van der Waals surface area contributed by atoms with Crippen LogP contribution in [0, 0.1) is 0 Å². The fraction of sp³-hybridized carbons (Fsp3) is 0.667. The normalized spacial score (nSPS) is 16.0. The number of urea groups is 1. The maximum absolute atomic E-state index is 10.8. The number of rotatable bonds is 3. The molecule has 0 unspecified atom stereocenters. The van der Waals surface area contributed by atoms with Crippen LogP contribution in [-0.4, -0.2) is 43.3 Å². The standard InChI is InChI=1S/C6H11N3O3/c7-5(10)8-1-2-9-3-4-12-6(9)11/h1-4H2,(H3,7,8,10). The Morgan fingerprint density at radius 3 is 3.00 bits per heavy atom. The van der Waals surface area contributed by atoms with Crippen molar-refractivity contribution in [3.8, 4) is 0 Å². The van der Waals surface area contributed by atoms with Crippen LogP contribution < -0.4 is 11.1 Å². The van der Waals surface area contributed by atoms with Crippen LogP contribution in [0.15, 0.2) is 0 Å². The molecule has 1 fully saturated rings. The molecule has 0 bridgehead atoms. The van der Waals surface area contributed by atoms with E-state index in [2.05, 4.69) is 10.1 Å². The third-order valence-corrected chi connectivity index (χ3v) is 1.53. The maximum atomic E-state index is 10.8. The van der Waals surface area contributed by atoms with Gasteiger partial charge in [0.25, 0.3) is 0 Å². The molecule has 6 nitrogen and oxygen atoms in total. The number of amides is 3. The van der Waals surface area contributed by atoms with E-state index < -0.39 is 6.03 Å². The summed E-state index contributed by atoms with van der Waals surface area (Å²) in [5.74, 6) is 0. The van der Waals surface area contributed by atoms with Crippen molar-refractivity contribution in [1.29, 1.82) is 0 Å². The zero-order valence-electron chi connectivity index (χ0n) is 6.58. The number of carbonyl (C=O) groups is 2. The number of carbonyl (C=O) groups excluding carboxylic acids is 2. The quantitative estimate of drug-likeness (QED) is 0.580. The number of hydrogen-bond donors (Lipinski definition) is 2. The lowest BCUT2D eigenvalue weighted by Crippen LogP contribution is -2.37. The van der Waals surface area contributed by atoms with Crippen LogP contribution in [-0.2, 0) is 4.74 Å². The molecule has 3 N–H and O–H groups in total. The van der Waals surface area contributed by atoms with Crippen LogP contribution in [0.2, 0.25) is 0 Å². The lowest BCUT2D eigenvalue weighted by Gasteiger charge is -2.11. The van der Waals surface area contributed by atoms with Gasteiger partial charge < -0.3 is 20.7 Å². The lowest BCUT2D eigenvalue weighted by molar-refractivity contribution is 0.158. The minimum absolute atomic E-state index is 0.332. The zero-order valence-corrected chi connectivity index (χ0v) is 6.58. The van der Waals surface area contributed by atoms with E-state index in [0.717, 1.165) is 0 Å². The van der Waals surface area contributed by atoms with Crippen molar-refractivity contribution >= 4 is 12.1 Å². The summed E-state index contributed by atoms with van der Waals surface area (Å²) in [7, 11) is 0. The molecule has 0 radical (unpaired) electrons. The van der Waals surface area contributed by atoms with Crippen molar-refractivity contribution in [1.82, 2.24) is 10.2 Å². The van der Waals surface area contributed by atoms with Crippen molar-refractivity contribution in [2.24, 2.45) is 5.73 Å². The second kappa shape index (κ2) is 3.80. The van der Waals surface area contributed by atoms with Crippen molar-refractivity contribution in [2.75, 3.05) is 26.2 Å². The second-order valence-corrected chi connectivity index (χ2v) is 2.39. The average Bonchev–Trinajstić information content (AvgIpc) is 2.36. The third kappa shape index (κ3) is 2.30. The Morgan fingerprint density at radius 2 is 2.50 bits per heavy atom. The Kier molecular flexibility index (Phi) is 2.73. The fourth-order valence-corrected chi connectivity index (χ4v) is 0.943. The third-order valence-electron chi connectivity index (χ3n) is 1.53. The van der Waals surface area contributed by atoms with Gasteiger partial charge in [-0.3, -0.25) is 0 Å². The average molecular weight is 173 g/mol. The van der Waals surface area contributed by atoms with Crippen LogP contribution >= 0.6 is 0 Å². The van der Waals surface area contributed by atoms with Crippen molar-refractivity contribution < 1.29 is 14.3 Å². The first-order chi connectivity index (χ1) is 5.70. The molecule has 0 aromatic heterocycles. The summed E-state index contributed by atoms with van der Waals surface area (Å²) < 4.78 is 4.67. The SMILES string of the molecule is NC(=O)NCCN1CCOC1=O. The minimum Gasteiger partial charge on any atom is -0.448 e. The molecule has 6 heteroatoms. The zero-order chi connectivity index (χ0) is 8.97. The van der Waals surface area contributed by atoms with Gasteiger partial charge in [-0.15, -0.1) is 0 Å². The van der Waals surface area contributed by atoms with Crippen molar-refractivity contribution in [3.05, 3.63) is 0 Å². The molecule has 3 amide bonds. The molecule has 12 heavy (non-hydrogen) atoms. The topological polar surface area (TPSA) is 84.7 Å². The number of primary amides is 1. The Hall–Kier alpha value is -1.46. The van der Waals surface area contributed by atoms with Gasteiger partial charge in [0.05, 0.1) is 6.54 Å². The van der Waals surface area contributed by atoms with E-state index in [1.807, 2.05) is 0 Å². The second-order valence-electron chi connectivity index (χ2n) is 2.39. The first-order valence-electron chi connectivity index (χ1n) is 3.65. The first-order valence-corrected chi connectivity index (χ1v) is 3.65. The highest BCUT2D eigenvalue weighted by Gasteiger charge is 2.20. The molecule has 1 aliphatic heterocycles. The van der Waals surface area contributed by atoms with E-state index in [1.54, 1.807) is 0 Å². The summed E-state index contributed by atoms with van der Waals surface area (Å²) in [6.07, 6.45) is -0.332. The molecule has 1 aliphatic rings. The molecule has 0 aliphatic carbocycles. The Labute approximate surface area is 69.6 Å². The predicted molar refractivity (Wildman–Crippen MR) is 40.5 cm³/mol. The molecule has 68 valence electrons. The Bertz CT molecular complexity index is 194. The van der Waals surface area contributed by atoms with Crippen LogP contribution in [0.5, 0.6) is 0 Å². The Balaban J connectivity index is 2.14. The van der Waals surface area contributed by atoms with E-state index in [4.69, 9.17) is 5.73 Å². The van der Waals surface area contributed by atoms with Gasteiger partial charge in [0, 0.05) is 13.1 Å². The summed E-state index contributed by atoms with van der Waals surface area (Å²) in [6, 6.07) is -0.581. The predicted octanol–water partition coefficient (Wildman–Crippen LogP) is -0.893. The van der Waals surface area contributed by atoms with Gasteiger partial charge in [0.15, 0.2) is 0 Å². The molecule has 0 aromatic carbocycles. The van der Waals surface area contributed by atoms with E-state index in [1.165, 1.54) is 4.90 Å². The Morgan fingerprint density at radius 1 is 1.75 bits per heavy atom. The van der Waals surface area contributed by atoms with Gasteiger partial charge in [0.1, 0.15) is 6.61 Å². The monoisotopic (exact) mass is 173 g/mol. The molecule has 0 atom stereocenters. The largest absolute Gasteiger partial charge is 0.448 e. The summed E-state index contributed by atoms with van der Waals surface area (Å²) in [6.45, 7) is 1.82. The van der Waals surface area contributed by atoms with Crippen molar-refractivity contribution in [3.63, 3.8) is 0 Å². The number of nitrogens with zero attached hydrogens (tertiary/aromatic N) is 1. The highest BCUT2D eigenvalue weighted by atomic mass is 16.6. The van der Waals surface area contributed by atoms with Gasteiger partial charge in [-0.25, -0.2) is 9.59 Å². The molecule has 1 rings (SSSR count). The highest BCUT2D eigenvalue weighted by Crippen LogP contribution is 2.00. The summed E-state index contributed by atoms with van der Waals surface area (Å²) >= 11 is 0. The first kappa shape index (κ1) is 8.63. The van der Waals surface area contributed by atoms with E-state index in [-0.39, 0.29) is 6.09 Å². The van der Waals surface area contributed by atoms with Gasteiger partial charge in [-0.05, 0) is 0 Å². The van der Waals surface area contributed by atoms with Crippen LogP contribution in [0.1, 0.15) is 0 Å². The number of nitrogens with two attached hydrogens (primary N) is 1. The van der Waals surface area contributed by atoms with Crippen LogP contribution in [0.3, 0.4) is 0 Å². The minimum atomic E-state index is -0.581. The molecule has 1 saturated heterocycles. The summed E-state index contributed by atoms with van der Waals surface area (Å²) in [4.78, 5) is 22.6. The summed E-state index contributed by atoms with van der Waals surface area (Å²) in [5, 5.41) is 2.38. The van der Waals surface area contributed by atoms with Crippen molar-refractivity contribution in [2.45, 2.75) is 0 Å². The van der Waals surface area contributed by atoms with Crippen LogP contribution in [0.25, 0.3) is 0 Å². The van der Waals surface area contributed by atoms with Gasteiger partial charge >= 0.3 is 12.1 Å². The number of nitrogens with one attached hydrogen (secondary N) is 1. The number of hydrogen-bond acceptors (Lipinski definition) is 3. The maximum Gasteiger partial charge on any atom is 0.409 e. The molecule has 0 spiro atoms. The molecule has 0 aromatic rings. The summed E-state index contributed by atoms with van der Waals surface area (Å²) in [5.41, 5.74) is 4.83. The highest BCUT2D eigenvalue weighted by molar-refractivity contribution is 5.72. The molecular formula is C6H11N3O3. The number of ether oxygens (including phenoxy) is 1.